The highest BCUT2D eigenvalue weighted by Crippen LogP contribution is 2.32. The van der Waals surface area contributed by atoms with Gasteiger partial charge in [-0.2, -0.15) is 0 Å². The third-order valence-electron chi connectivity index (χ3n) is 3.45. The topological polar surface area (TPSA) is 66.8 Å². The molecule has 2 unspecified atom stereocenters. The Kier molecular flexibility index (Phi) is 4.61. The molecular weight excluding hydrogens is 246 g/mol. The van der Waals surface area contributed by atoms with Crippen LogP contribution in [0.15, 0.2) is 11.6 Å². The largest absolute Gasteiger partial charge is 0.469 e. The number of methoxy groups -OCH3 is 1. The van der Waals surface area contributed by atoms with Crippen molar-refractivity contribution in [1.82, 2.24) is 4.90 Å². The summed E-state index contributed by atoms with van der Waals surface area (Å²) >= 11 is 0. The zero-order chi connectivity index (χ0) is 14.8. The molecule has 0 bridgehead atoms. The maximum atomic E-state index is 11.9. The number of rotatable bonds is 2. The van der Waals surface area contributed by atoms with E-state index in [1.807, 2.05) is 33.8 Å². The van der Waals surface area contributed by atoms with Crippen molar-refractivity contribution < 1.29 is 19.4 Å². The van der Waals surface area contributed by atoms with Gasteiger partial charge in [-0.25, -0.2) is 4.79 Å². The van der Waals surface area contributed by atoms with Gasteiger partial charge in [-0.15, -0.1) is 0 Å². The molecule has 0 aromatic carbocycles. The van der Waals surface area contributed by atoms with Crippen LogP contribution in [0.2, 0.25) is 0 Å². The van der Waals surface area contributed by atoms with Gasteiger partial charge in [0.15, 0.2) is 0 Å². The first-order valence-corrected chi connectivity index (χ1v) is 6.46. The number of allylic oxidation sites excluding steroid dienone is 1. The molecule has 0 aliphatic heterocycles. The Labute approximate surface area is 114 Å². The number of hydrogen-bond donors (Lipinski definition) is 1. The summed E-state index contributed by atoms with van der Waals surface area (Å²) in [5.41, 5.74) is 0.539. The fourth-order valence-corrected chi connectivity index (χ4v) is 2.57. The van der Waals surface area contributed by atoms with Crippen LogP contribution in [0.1, 0.15) is 40.5 Å². The number of carbonyl (C=O) groups excluding carboxylic acids is 1. The van der Waals surface area contributed by atoms with Crippen LogP contribution in [0.25, 0.3) is 0 Å². The van der Waals surface area contributed by atoms with Crippen LogP contribution >= 0.6 is 0 Å². The molecule has 5 nitrogen and oxygen atoms in total. The average Bonchev–Trinajstić information content (AvgIpc) is 2.26. The maximum Gasteiger partial charge on any atom is 0.408 e. The van der Waals surface area contributed by atoms with Crippen LogP contribution in [-0.4, -0.2) is 40.8 Å². The molecule has 0 saturated carbocycles. The summed E-state index contributed by atoms with van der Waals surface area (Å²) in [5, 5.41) is 9.46. The van der Waals surface area contributed by atoms with Crippen molar-refractivity contribution in [2.45, 2.75) is 52.1 Å². The molecule has 1 N–H and O–H groups in total. The van der Waals surface area contributed by atoms with Gasteiger partial charge >= 0.3 is 12.1 Å². The smallest absolute Gasteiger partial charge is 0.408 e. The zero-order valence-corrected chi connectivity index (χ0v) is 12.3. The van der Waals surface area contributed by atoms with E-state index >= 15 is 0 Å². The van der Waals surface area contributed by atoms with Gasteiger partial charge in [-0.3, -0.25) is 9.69 Å². The van der Waals surface area contributed by atoms with Gasteiger partial charge in [0, 0.05) is 5.54 Å². The number of nitrogens with zero attached hydrogens (tertiary/aromatic N) is 1. The molecule has 1 amide bonds. The van der Waals surface area contributed by atoms with Crippen molar-refractivity contribution in [3.8, 4) is 0 Å². The minimum atomic E-state index is -1.02. The van der Waals surface area contributed by atoms with Crippen LogP contribution in [0.3, 0.4) is 0 Å². The molecule has 0 radical (unpaired) electrons. The first kappa shape index (κ1) is 15.5. The molecule has 5 heteroatoms. The quantitative estimate of drug-likeness (QED) is 0.618. The molecule has 0 fully saturated rings. The van der Waals surface area contributed by atoms with Crippen molar-refractivity contribution in [3.63, 3.8) is 0 Å². The second-order valence-electron chi connectivity index (χ2n) is 6.00. The number of carboxylic acid groups (broad SMARTS) is 1. The fraction of sp³-hybridized carbons (Fsp3) is 0.714. The summed E-state index contributed by atoms with van der Waals surface area (Å²) in [4.78, 5) is 24.8. The molecule has 19 heavy (non-hydrogen) atoms. The third-order valence-corrected chi connectivity index (χ3v) is 3.45. The van der Waals surface area contributed by atoms with E-state index in [0.717, 1.165) is 12.0 Å². The molecule has 1 aliphatic rings. The maximum absolute atomic E-state index is 11.9. The Bertz CT molecular complexity index is 395. The zero-order valence-electron chi connectivity index (χ0n) is 12.3. The summed E-state index contributed by atoms with van der Waals surface area (Å²) in [7, 11) is 1.34. The van der Waals surface area contributed by atoms with Crippen LogP contribution in [0, 0.1) is 5.92 Å². The lowest BCUT2D eigenvalue weighted by molar-refractivity contribution is -0.148. The number of hydrogen-bond acceptors (Lipinski definition) is 3. The van der Waals surface area contributed by atoms with Gasteiger partial charge in [0.05, 0.1) is 19.1 Å². The predicted octanol–water partition coefficient (Wildman–Crippen LogP) is 2.66. The number of amides is 1. The highest BCUT2D eigenvalue weighted by Gasteiger charge is 2.41. The van der Waals surface area contributed by atoms with E-state index in [1.165, 1.54) is 12.0 Å². The minimum Gasteiger partial charge on any atom is -0.469 e. The van der Waals surface area contributed by atoms with Crippen LogP contribution < -0.4 is 0 Å². The molecule has 2 atom stereocenters. The van der Waals surface area contributed by atoms with E-state index in [2.05, 4.69) is 0 Å². The van der Waals surface area contributed by atoms with Gasteiger partial charge in [-0.1, -0.05) is 11.6 Å². The van der Waals surface area contributed by atoms with E-state index < -0.39 is 23.6 Å². The molecule has 108 valence electrons. The summed E-state index contributed by atoms with van der Waals surface area (Å²) in [6, 6.07) is -0.460. The second kappa shape index (κ2) is 5.63. The Hall–Kier alpha value is -1.52. The van der Waals surface area contributed by atoms with Crippen LogP contribution in [-0.2, 0) is 9.53 Å². The third kappa shape index (κ3) is 3.49. The normalized spacial score (nSPS) is 23.5. The number of carbonyl (C=O) groups is 2. The van der Waals surface area contributed by atoms with Gasteiger partial charge in [0.2, 0.25) is 0 Å². The summed E-state index contributed by atoms with van der Waals surface area (Å²) in [6.45, 7) is 7.44. The highest BCUT2D eigenvalue weighted by molar-refractivity contribution is 5.76. The number of ether oxygens (including phenoxy) is 1. The standard InChI is InChI=1S/C14H23NO4/c1-9-6-7-10(12(16)19-5)11(8-9)15(13(17)18)14(2,3)4/h8,10-11H,6-7H2,1-5H3,(H,17,18). The van der Waals surface area contributed by atoms with Gasteiger partial charge in [0.25, 0.3) is 0 Å². The summed E-state index contributed by atoms with van der Waals surface area (Å²) < 4.78 is 4.81. The van der Waals surface area contributed by atoms with E-state index in [1.54, 1.807) is 0 Å². The summed E-state index contributed by atoms with van der Waals surface area (Å²) in [5.74, 6) is -0.770. The molecule has 0 spiro atoms. The Morgan fingerprint density at radius 3 is 2.42 bits per heavy atom. The van der Waals surface area contributed by atoms with Crippen molar-refractivity contribution in [1.29, 1.82) is 0 Å². The highest BCUT2D eigenvalue weighted by atomic mass is 16.5. The molecular formula is C14H23NO4. The van der Waals surface area contributed by atoms with Crippen molar-refractivity contribution in [2.24, 2.45) is 5.92 Å². The molecule has 1 rings (SSSR count). The lowest BCUT2D eigenvalue weighted by Gasteiger charge is -2.42. The fourth-order valence-electron chi connectivity index (χ4n) is 2.57. The molecule has 0 aromatic rings. The van der Waals surface area contributed by atoms with Gasteiger partial charge in [0.1, 0.15) is 0 Å². The Balaban J connectivity index is 3.18. The van der Waals surface area contributed by atoms with Crippen LogP contribution in [0.4, 0.5) is 4.79 Å². The first-order valence-electron chi connectivity index (χ1n) is 6.46. The van der Waals surface area contributed by atoms with Gasteiger partial charge in [-0.05, 0) is 40.5 Å². The van der Waals surface area contributed by atoms with Crippen molar-refractivity contribution in [3.05, 3.63) is 11.6 Å². The molecule has 0 heterocycles. The number of esters is 1. The molecule has 1 aliphatic carbocycles. The monoisotopic (exact) mass is 269 g/mol. The average molecular weight is 269 g/mol. The predicted molar refractivity (Wildman–Crippen MR) is 71.9 cm³/mol. The Morgan fingerprint density at radius 2 is 2.00 bits per heavy atom. The Morgan fingerprint density at radius 1 is 1.42 bits per heavy atom. The minimum absolute atomic E-state index is 0.343. The van der Waals surface area contributed by atoms with Gasteiger partial charge < -0.3 is 9.84 Å². The van der Waals surface area contributed by atoms with E-state index in [4.69, 9.17) is 4.74 Å². The van der Waals surface area contributed by atoms with Crippen molar-refractivity contribution >= 4 is 12.1 Å². The lowest BCUT2D eigenvalue weighted by atomic mass is 9.83. The van der Waals surface area contributed by atoms with E-state index in [-0.39, 0.29) is 5.97 Å². The van der Waals surface area contributed by atoms with Crippen LogP contribution in [0.5, 0.6) is 0 Å². The van der Waals surface area contributed by atoms with E-state index in [0.29, 0.717) is 6.42 Å². The second-order valence-corrected chi connectivity index (χ2v) is 6.00. The van der Waals surface area contributed by atoms with E-state index in [9.17, 15) is 14.7 Å². The first-order chi connectivity index (χ1) is 8.68. The molecule has 0 saturated heterocycles. The summed E-state index contributed by atoms with van der Waals surface area (Å²) in [6.07, 6.45) is 2.29. The lowest BCUT2D eigenvalue weighted by Crippen LogP contribution is -2.55. The SMILES string of the molecule is COC(=O)C1CCC(C)=CC1N(C(=O)O)C(C)(C)C. The molecule has 0 aromatic heterocycles. The van der Waals surface area contributed by atoms with Crippen molar-refractivity contribution in [2.75, 3.05) is 7.11 Å².